The van der Waals surface area contributed by atoms with Crippen LogP contribution in [0, 0.1) is 17.3 Å². The summed E-state index contributed by atoms with van der Waals surface area (Å²) in [4.78, 5) is 62.1. The fourth-order valence-corrected chi connectivity index (χ4v) is 5.69. The van der Waals surface area contributed by atoms with Crippen LogP contribution in [0.1, 0.15) is 19.6 Å². The molecular formula is C20H21N3Na3O13P. The van der Waals surface area contributed by atoms with Gasteiger partial charge in [0.2, 0.25) is 5.91 Å². The van der Waals surface area contributed by atoms with E-state index in [1.807, 2.05) is 0 Å². The van der Waals surface area contributed by atoms with Crippen LogP contribution in [0.4, 0.5) is 5.82 Å². The van der Waals surface area contributed by atoms with Gasteiger partial charge in [0, 0.05) is 24.5 Å². The number of aliphatic hydroxyl groups excluding tert-OH is 2. The van der Waals surface area contributed by atoms with Crippen LogP contribution in [0.15, 0.2) is 28.7 Å². The third-order valence-electron chi connectivity index (χ3n) is 6.68. The van der Waals surface area contributed by atoms with Crippen molar-refractivity contribution < 1.29 is 147 Å². The molecule has 4 rings (SSSR count). The number of hydrogen-bond acceptors (Lipinski definition) is 14. The Hall–Kier alpha value is 0.0200. The molecule has 0 radical (unpaired) electrons. The Labute approximate surface area is 293 Å². The first-order valence-corrected chi connectivity index (χ1v) is 12.4. The minimum absolute atomic E-state index is 0. The molecule has 3 aliphatic rings. The molecule has 8 atom stereocenters. The van der Waals surface area contributed by atoms with Crippen LogP contribution in [0.5, 0.6) is 0 Å². The molecule has 40 heavy (non-hydrogen) atoms. The standard InChI is InChI=1S/C20H24N3O13P.3Na/c1-8(24)21-13-4-5-23(19(31)22-13)16-15(26)14(25)12(36-16)7-35-37(32,33)34-6-11-9-2-3-10(17(27)28)20(9,11)18(29)30;;;/h3-5,9,11-12,14-16,25-26H,2,6-7H2,1H3,(H,27,28)(H,29,30)(H,32,33)(H,21,22,24,31);;;/q;3*+1/p-3/t9-,11+,12+,14+,15+,16+,20-;;;/m0.../s1. The third kappa shape index (κ3) is 7.38. The topological polar surface area (TPSA) is 253 Å². The Morgan fingerprint density at radius 1 is 1.20 bits per heavy atom. The number of carboxylic acid groups (broad SMARTS) is 2. The molecule has 3 N–H and O–H groups in total. The van der Waals surface area contributed by atoms with Crippen molar-refractivity contribution in [2.24, 2.45) is 17.3 Å². The number of fused-ring (bicyclic) bond motifs is 1. The second-order valence-corrected chi connectivity index (χ2v) is 10.2. The molecule has 20 heteroatoms. The van der Waals surface area contributed by atoms with Crippen molar-refractivity contribution in [2.75, 3.05) is 18.5 Å². The molecule has 202 valence electrons. The van der Waals surface area contributed by atoms with Gasteiger partial charge in [0.15, 0.2) is 6.23 Å². The van der Waals surface area contributed by atoms with Crippen LogP contribution >= 0.6 is 7.82 Å². The number of amides is 1. The van der Waals surface area contributed by atoms with Gasteiger partial charge in [-0.3, -0.25) is 13.9 Å². The number of aliphatic carboxylic acids is 2. The Morgan fingerprint density at radius 2 is 1.82 bits per heavy atom. The SMILES string of the molecule is CC(=O)Nc1ccn([C@@H]2O[C@H](COP(=O)([O-])OC[C@@H]3[C@@H]4CC=C(C(=O)[O-])[C@]34C(=O)[O-])[C@@H](O)[C@H]2O)c(=O)n1.[Na+].[Na+].[Na+]. The summed E-state index contributed by atoms with van der Waals surface area (Å²) < 4.78 is 27.9. The van der Waals surface area contributed by atoms with E-state index in [1.54, 1.807) is 0 Å². The molecule has 1 saturated carbocycles. The van der Waals surface area contributed by atoms with Gasteiger partial charge in [0.25, 0.3) is 7.82 Å². The zero-order chi connectivity index (χ0) is 27.3. The number of carbonyl (C=O) groups excluding carboxylic acids is 3. The van der Waals surface area contributed by atoms with Crippen molar-refractivity contribution in [3.8, 4) is 0 Å². The van der Waals surface area contributed by atoms with Crippen molar-refractivity contribution in [1.82, 2.24) is 9.55 Å². The molecule has 2 fully saturated rings. The number of aromatic nitrogens is 2. The average molecular weight is 611 g/mol. The summed E-state index contributed by atoms with van der Waals surface area (Å²) in [5.41, 5.74) is -3.34. The Kier molecular flexibility index (Phi) is 13.9. The Morgan fingerprint density at radius 3 is 2.38 bits per heavy atom. The van der Waals surface area contributed by atoms with Gasteiger partial charge < -0.3 is 54.0 Å². The molecule has 1 aliphatic heterocycles. The molecule has 2 aliphatic carbocycles. The molecule has 1 aromatic heterocycles. The van der Waals surface area contributed by atoms with Gasteiger partial charge in [0.1, 0.15) is 24.1 Å². The van der Waals surface area contributed by atoms with Gasteiger partial charge in [-0.05, 0) is 24.0 Å². The van der Waals surface area contributed by atoms with Crippen molar-refractivity contribution in [1.29, 1.82) is 0 Å². The number of hydrogen-bond donors (Lipinski definition) is 3. The second kappa shape index (κ2) is 14.7. The molecular weight excluding hydrogens is 590 g/mol. The fraction of sp³-hybridized carbons (Fsp3) is 0.550. The summed E-state index contributed by atoms with van der Waals surface area (Å²) in [6.45, 7) is -0.341. The normalized spacial score (nSPS) is 31.2. The molecule has 1 unspecified atom stereocenters. The zero-order valence-electron chi connectivity index (χ0n) is 22.0. The Balaban J connectivity index is 0.00000267. The van der Waals surface area contributed by atoms with Crippen molar-refractivity contribution in [2.45, 2.75) is 37.9 Å². The molecule has 0 bridgehead atoms. The van der Waals surface area contributed by atoms with E-state index < -0.39 is 91.9 Å². The van der Waals surface area contributed by atoms with Crippen LogP contribution in [0.2, 0.25) is 0 Å². The van der Waals surface area contributed by atoms with E-state index in [4.69, 9.17) is 13.8 Å². The molecule has 1 aromatic rings. The molecule has 1 saturated heterocycles. The molecule has 1 amide bonds. The summed E-state index contributed by atoms with van der Waals surface area (Å²) in [6, 6.07) is 1.24. The number of phosphoric ester groups is 1. The van der Waals surface area contributed by atoms with Gasteiger partial charge in [-0.1, -0.05) is 6.08 Å². The van der Waals surface area contributed by atoms with Crippen LogP contribution in [-0.2, 0) is 32.7 Å². The number of aliphatic hydroxyl groups is 2. The maximum absolute atomic E-state index is 12.3. The summed E-state index contributed by atoms with van der Waals surface area (Å²) in [5.74, 6) is -5.65. The van der Waals surface area contributed by atoms with E-state index in [0.717, 1.165) is 10.8 Å². The van der Waals surface area contributed by atoms with Crippen LogP contribution < -0.4 is 115 Å². The number of carboxylic acids is 2. The number of allylic oxidation sites excluding steroid dienone is 1. The zero-order valence-corrected chi connectivity index (χ0v) is 28.9. The number of anilines is 1. The van der Waals surface area contributed by atoms with Crippen molar-refractivity contribution in [3.63, 3.8) is 0 Å². The first kappa shape index (κ1) is 38.0. The quantitative estimate of drug-likeness (QED) is 0.164. The predicted molar refractivity (Wildman–Crippen MR) is 110 cm³/mol. The van der Waals surface area contributed by atoms with Crippen LogP contribution in [-0.4, -0.2) is 69.1 Å². The minimum atomic E-state index is -5.11. The number of rotatable bonds is 10. The van der Waals surface area contributed by atoms with E-state index in [0.29, 0.717) is 0 Å². The molecule has 0 aromatic carbocycles. The van der Waals surface area contributed by atoms with Gasteiger partial charge in [-0.15, -0.1) is 0 Å². The van der Waals surface area contributed by atoms with E-state index in [-0.39, 0.29) is 101 Å². The maximum atomic E-state index is 12.3. The summed E-state index contributed by atoms with van der Waals surface area (Å²) in [7, 11) is -5.11. The number of nitrogens with one attached hydrogen (secondary N) is 1. The number of ether oxygens (including phenoxy) is 1. The van der Waals surface area contributed by atoms with Crippen molar-refractivity contribution in [3.05, 3.63) is 34.4 Å². The van der Waals surface area contributed by atoms with Crippen LogP contribution in [0.3, 0.4) is 0 Å². The maximum Gasteiger partial charge on any atom is 1.00 e. The second-order valence-electron chi connectivity index (χ2n) is 8.78. The first-order chi connectivity index (χ1) is 17.3. The third-order valence-corrected chi connectivity index (χ3v) is 7.61. The predicted octanol–water partition coefficient (Wildman–Crippen LogP) is -13.6. The van der Waals surface area contributed by atoms with E-state index >= 15 is 0 Å². The van der Waals surface area contributed by atoms with E-state index in [1.165, 1.54) is 19.1 Å². The molecule has 16 nitrogen and oxygen atoms in total. The van der Waals surface area contributed by atoms with Gasteiger partial charge in [-0.2, -0.15) is 4.98 Å². The monoisotopic (exact) mass is 611 g/mol. The molecule has 2 heterocycles. The van der Waals surface area contributed by atoms with Crippen molar-refractivity contribution >= 4 is 31.5 Å². The minimum Gasteiger partial charge on any atom is -0.756 e. The molecule has 0 spiro atoms. The largest absolute Gasteiger partial charge is 1.00 e. The van der Waals surface area contributed by atoms with E-state index in [9.17, 15) is 49.1 Å². The van der Waals surface area contributed by atoms with Gasteiger partial charge >= 0.3 is 94.4 Å². The number of phosphoric acid groups is 1. The fourth-order valence-electron chi connectivity index (χ4n) is 4.94. The van der Waals surface area contributed by atoms with Gasteiger partial charge in [0.05, 0.1) is 25.2 Å². The average Bonchev–Trinajstić information content (AvgIpc) is 3.10. The van der Waals surface area contributed by atoms with E-state index in [2.05, 4.69) is 10.3 Å². The van der Waals surface area contributed by atoms with Gasteiger partial charge in [-0.25, -0.2) is 4.79 Å². The Bertz CT molecular complexity index is 1280. The number of carbonyl (C=O) groups is 3. The first-order valence-electron chi connectivity index (χ1n) is 10.9. The summed E-state index contributed by atoms with van der Waals surface area (Å²) in [6.07, 6.45) is -3.88. The smallest absolute Gasteiger partial charge is 0.756 e. The number of nitrogens with zero attached hydrogens (tertiary/aromatic N) is 2. The van der Waals surface area contributed by atoms with Crippen LogP contribution in [0.25, 0.3) is 0 Å². The summed E-state index contributed by atoms with van der Waals surface area (Å²) >= 11 is 0. The summed E-state index contributed by atoms with van der Waals surface area (Å²) in [5, 5.41) is 45.7.